The van der Waals surface area contributed by atoms with Gasteiger partial charge in [-0.25, -0.2) is 0 Å². The largest absolute Gasteiger partial charge is 0.497 e. The zero-order valence-electron chi connectivity index (χ0n) is 23.1. The van der Waals surface area contributed by atoms with E-state index in [1.165, 1.54) is 0 Å². The van der Waals surface area contributed by atoms with Crippen LogP contribution < -0.4 is 10.5 Å². The van der Waals surface area contributed by atoms with Crippen molar-refractivity contribution in [3.05, 3.63) is 60.1 Å². The molecule has 0 aliphatic carbocycles. The first-order valence-corrected chi connectivity index (χ1v) is 14.2. The summed E-state index contributed by atoms with van der Waals surface area (Å²) < 4.78 is 11.1. The first-order valence-electron chi connectivity index (χ1n) is 14.2. The summed E-state index contributed by atoms with van der Waals surface area (Å²) in [6.45, 7) is 2.02. The minimum Gasteiger partial charge on any atom is -0.497 e. The second kappa shape index (κ2) is 12.6. The van der Waals surface area contributed by atoms with Crippen LogP contribution in [0.3, 0.4) is 0 Å². The molecule has 9 nitrogen and oxygen atoms in total. The average Bonchev–Trinajstić information content (AvgIpc) is 3.74. The van der Waals surface area contributed by atoms with Gasteiger partial charge in [0.15, 0.2) is 11.4 Å². The van der Waals surface area contributed by atoms with Gasteiger partial charge in [-0.15, -0.1) is 0 Å². The summed E-state index contributed by atoms with van der Waals surface area (Å²) >= 11 is 0. The molecular formula is C31H38N4O5. The number of nitrogens with two attached hydrogens (primary N) is 1. The number of rotatable bonds is 11. The van der Waals surface area contributed by atoms with E-state index < -0.39 is 12.1 Å². The number of nitrogens with zero attached hydrogens (tertiary/aromatic N) is 3. The van der Waals surface area contributed by atoms with E-state index in [0.29, 0.717) is 25.0 Å². The lowest BCUT2D eigenvalue weighted by Gasteiger charge is -2.27. The molecule has 0 unspecified atom stereocenters. The Morgan fingerprint density at radius 1 is 1.12 bits per heavy atom. The fourth-order valence-corrected chi connectivity index (χ4v) is 5.93. The summed E-state index contributed by atoms with van der Waals surface area (Å²) in [5, 5.41) is 0.948. The minimum atomic E-state index is -0.815. The number of Topliss-reactive ketones (excluding diaryl/α,β-unsaturated/α-hetero) is 1. The number of aryl methyl sites for hydroxylation is 1. The highest BCUT2D eigenvalue weighted by Crippen LogP contribution is 2.30. The molecular weight excluding hydrogens is 508 g/mol. The van der Waals surface area contributed by atoms with Crippen LogP contribution in [0.1, 0.15) is 49.8 Å². The van der Waals surface area contributed by atoms with Crippen LogP contribution in [0.25, 0.3) is 11.0 Å². The molecule has 3 aromatic rings. The van der Waals surface area contributed by atoms with E-state index in [2.05, 4.69) is 4.98 Å². The first-order chi connectivity index (χ1) is 19.4. The van der Waals surface area contributed by atoms with Gasteiger partial charge >= 0.3 is 0 Å². The van der Waals surface area contributed by atoms with E-state index in [1.807, 2.05) is 41.3 Å². The molecule has 2 aromatic heterocycles. The van der Waals surface area contributed by atoms with Gasteiger partial charge in [-0.2, -0.15) is 0 Å². The van der Waals surface area contributed by atoms with Crippen molar-refractivity contribution in [3.63, 3.8) is 0 Å². The Morgan fingerprint density at radius 2 is 1.90 bits per heavy atom. The van der Waals surface area contributed by atoms with Crippen LogP contribution in [-0.2, 0) is 27.2 Å². The monoisotopic (exact) mass is 546 g/mol. The number of furan rings is 1. The maximum atomic E-state index is 13.5. The van der Waals surface area contributed by atoms with Crippen molar-refractivity contribution in [2.24, 2.45) is 11.7 Å². The molecule has 2 saturated heterocycles. The third-order valence-corrected chi connectivity index (χ3v) is 8.16. The molecule has 9 heteroatoms. The number of carbonyl (C=O) groups excluding carboxylic acids is 3. The molecule has 0 saturated carbocycles. The Bertz CT molecular complexity index is 1300. The van der Waals surface area contributed by atoms with Gasteiger partial charge in [0.05, 0.1) is 25.4 Å². The number of ketones is 1. The number of pyridine rings is 1. The fraction of sp³-hybridized carbons (Fsp3) is 0.484. The standard InChI is InChI=1S/C31H38N4O5/c1-39-24-6-4-21(5-7-24)16-22-17-27(28(36)10-8-25-18-23-12-13-33-19-29(23)40-25)35(20-22)31(38)26(32)9-11-30(37)34-14-2-3-15-34/h4-7,12-13,18-19,22,26-27H,2-3,8-11,14-17,20,32H2,1H3/t22-,26-,27+/m1/s1. The third-order valence-electron chi connectivity index (χ3n) is 8.16. The van der Waals surface area contributed by atoms with E-state index >= 15 is 0 Å². The molecule has 2 aliphatic rings. The predicted octanol–water partition coefficient (Wildman–Crippen LogP) is 3.53. The summed E-state index contributed by atoms with van der Waals surface area (Å²) in [7, 11) is 1.63. The van der Waals surface area contributed by atoms with E-state index in [1.54, 1.807) is 24.4 Å². The average molecular weight is 547 g/mol. The van der Waals surface area contributed by atoms with Crippen LogP contribution in [0.15, 0.2) is 53.2 Å². The predicted molar refractivity (Wildman–Crippen MR) is 151 cm³/mol. The molecule has 212 valence electrons. The second-order valence-corrected chi connectivity index (χ2v) is 11.0. The van der Waals surface area contributed by atoms with Crippen molar-refractivity contribution in [2.45, 2.75) is 63.5 Å². The molecule has 2 fully saturated rings. The Balaban J connectivity index is 1.24. The normalized spacial score (nSPS) is 19.8. The lowest BCUT2D eigenvalue weighted by molar-refractivity contribution is -0.139. The highest BCUT2D eigenvalue weighted by Gasteiger charge is 2.40. The topological polar surface area (TPSA) is 119 Å². The van der Waals surface area contributed by atoms with Gasteiger partial charge in [0.1, 0.15) is 11.5 Å². The zero-order chi connectivity index (χ0) is 28.1. The molecule has 4 heterocycles. The summed E-state index contributed by atoms with van der Waals surface area (Å²) in [5.74, 6) is 1.44. The third kappa shape index (κ3) is 6.53. The van der Waals surface area contributed by atoms with E-state index in [9.17, 15) is 14.4 Å². The van der Waals surface area contributed by atoms with Crippen molar-refractivity contribution in [1.82, 2.24) is 14.8 Å². The number of aromatic nitrogens is 1. The zero-order valence-corrected chi connectivity index (χ0v) is 23.1. The van der Waals surface area contributed by atoms with Gasteiger partial charge < -0.3 is 24.7 Å². The van der Waals surface area contributed by atoms with E-state index in [4.69, 9.17) is 14.9 Å². The molecule has 1 aromatic carbocycles. The van der Waals surface area contributed by atoms with Gasteiger partial charge in [-0.3, -0.25) is 19.4 Å². The molecule has 5 rings (SSSR count). The van der Waals surface area contributed by atoms with Crippen molar-refractivity contribution in [3.8, 4) is 5.75 Å². The number of hydrogen-bond donors (Lipinski definition) is 1. The molecule has 0 bridgehead atoms. The van der Waals surface area contributed by atoms with Crippen LogP contribution in [-0.4, -0.2) is 71.2 Å². The van der Waals surface area contributed by atoms with Crippen LogP contribution in [0.4, 0.5) is 0 Å². The minimum absolute atomic E-state index is 0.00417. The highest BCUT2D eigenvalue weighted by atomic mass is 16.5. The number of amides is 2. The molecule has 0 spiro atoms. The fourth-order valence-electron chi connectivity index (χ4n) is 5.93. The summed E-state index contributed by atoms with van der Waals surface area (Å²) in [4.78, 5) is 47.2. The highest BCUT2D eigenvalue weighted by molar-refractivity contribution is 5.92. The van der Waals surface area contributed by atoms with Gasteiger partial charge in [0, 0.05) is 50.5 Å². The Hall–Kier alpha value is -3.72. The van der Waals surface area contributed by atoms with Gasteiger partial charge in [-0.1, -0.05) is 12.1 Å². The number of ether oxygens (including phenoxy) is 1. The van der Waals surface area contributed by atoms with Crippen LogP contribution >= 0.6 is 0 Å². The molecule has 2 aliphatic heterocycles. The van der Waals surface area contributed by atoms with E-state index in [-0.39, 0.29) is 42.8 Å². The second-order valence-electron chi connectivity index (χ2n) is 11.0. The lowest BCUT2D eigenvalue weighted by atomic mass is 9.94. The SMILES string of the molecule is COc1ccc(C[C@@H]2C[C@@H](C(=O)CCc3cc4ccncc4o3)N(C(=O)[C@H](N)CCC(=O)N3CCCC3)C2)cc1. The smallest absolute Gasteiger partial charge is 0.240 e. The van der Waals surface area contributed by atoms with Gasteiger partial charge in [-0.05, 0) is 67.9 Å². The number of hydrogen-bond acceptors (Lipinski definition) is 7. The molecule has 0 radical (unpaired) electrons. The summed E-state index contributed by atoms with van der Waals surface area (Å²) in [5.41, 5.74) is 8.16. The van der Waals surface area contributed by atoms with Crippen LogP contribution in [0.2, 0.25) is 0 Å². The molecule has 2 N–H and O–H groups in total. The van der Waals surface area contributed by atoms with Gasteiger partial charge in [0.25, 0.3) is 0 Å². The number of carbonyl (C=O) groups is 3. The maximum absolute atomic E-state index is 13.5. The van der Waals surface area contributed by atoms with Gasteiger partial charge in [0.2, 0.25) is 11.8 Å². The Morgan fingerprint density at radius 3 is 2.62 bits per heavy atom. The maximum Gasteiger partial charge on any atom is 0.240 e. The lowest BCUT2D eigenvalue weighted by Crippen LogP contribution is -2.49. The first kappa shape index (κ1) is 27.8. The van der Waals surface area contributed by atoms with E-state index in [0.717, 1.165) is 54.8 Å². The quantitative estimate of drug-likeness (QED) is 0.391. The van der Waals surface area contributed by atoms with Crippen molar-refractivity contribution < 1.29 is 23.5 Å². The summed E-state index contributed by atoms with van der Waals surface area (Å²) in [6, 6.07) is 10.3. The molecule has 2 amide bonds. The number of fused-ring (bicyclic) bond motifs is 1. The number of benzene rings is 1. The van der Waals surface area contributed by atoms with Crippen LogP contribution in [0.5, 0.6) is 5.75 Å². The number of methoxy groups -OCH3 is 1. The van der Waals surface area contributed by atoms with Crippen molar-refractivity contribution in [1.29, 1.82) is 0 Å². The van der Waals surface area contributed by atoms with Crippen molar-refractivity contribution >= 4 is 28.6 Å². The molecule has 3 atom stereocenters. The number of likely N-dealkylation sites (tertiary alicyclic amines) is 2. The Kier molecular flexibility index (Phi) is 8.79. The molecule has 40 heavy (non-hydrogen) atoms. The summed E-state index contributed by atoms with van der Waals surface area (Å²) in [6.07, 6.45) is 7.99. The van der Waals surface area contributed by atoms with Crippen LogP contribution in [0, 0.1) is 5.92 Å². The van der Waals surface area contributed by atoms with Crippen molar-refractivity contribution in [2.75, 3.05) is 26.7 Å². The Labute approximate surface area is 234 Å².